The van der Waals surface area contributed by atoms with Crippen LogP contribution in [0.2, 0.25) is 0 Å². The van der Waals surface area contributed by atoms with E-state index in [0.717, 1.165) is 12.8 Å². The van der Waals surface area contributed by atoms with E-state index in [-0.39, 0.29) is 11.9 Å². The third kappa shape index (κ3) is 5.39. The third-order valence-corrected chi connectivity index (χ3v) is 3.59. The zero-order valence-electron chi connectivity index (χ0n) is 13.4. The van der Waals surface area contributed by atoms with Crippen LogP contribution >= 0.6 is 0 Å². The van der Waals surface area contributed by atoms with Crippen LogP contribution in [0.5, 0.6) is 0 Å². The lowest BCUT2D eigenvalue weighted by Gasteiger charge is -2.30. The second-order valence-electron chi connectivity index (χ2n) is 6.61. The second kappa shape index (κ2) is 6.95. The Balaban J connectivity index is 2.48. The van der Waals surface area contributed by atoms with Crippen LogP contribution in [-0.4, -0.2) is 41.6 Å². The van der Waals surface area contributed by atoms with Gasteiger partial charge in [-0.1, -0.05) is 19.3 Å². The Morgan fingerprint density at radius 3 is 2.25 bits per heavy atom. The zero-order valence-corrected chi connectivity index (χ0v) is 13.4. The van der Waals surface area contributed by atoms with Gasteiger partial charge in [-0.3, -0.25) is 9.69 Å². The second-order valence-corrected chi connectivity index (χ2v) is 6.61. The minimum Gasteiger partial charge on any atom is -0.444 e. The molecule has 0 aromatic rings. The van der Waals surface area contributed by atoms with Gasteiger partial charge in [-0.15, -0.1) is 0 Å². The molecule has 1 atom stereocenters. The standard InChI is InChI=1S/C15H28N2O3/c1-11(17(5)14(19)20-15(2,3)4)13(18)16-12-9-7-6-8-10-12/h11-12H,6-10H2,1-5H3,(H,16,18)/t11-/m0/s1. The molecule has 0 saturated heterocycles. The molecule has 0 aromatic carbocycles. The minimum atomic E-state index is -0.551. The predicted octanol–water partition coefficient (Wildman–Crippen LogP) is 2.69. The van der Waals surface area contributed by atoms with E-state index in [1.54, 1.807) is 14.0 Å². The van der Waals surface area contributed by atoms with E-state index in [1.807, 2.05) is 20.8 Å². The van der Waals surface area contributed by atoms with Gasteiger partial charge in [-0.05, 0) is 40.5 Å². The van der Waals surface area contributed by atoms with Crippen molar-refractivity contribution in [2.24, 2.45) is 0 Å². The van der Waals surface area contributed by atoms with Crippen LogP contribution in [0.25, 0.3) is 0 Å². The summed E-state index contributed by atoms with van der Waals surface area (Å²) in [5.41, 5.74) is -0.551. The summed E-state index contributed by atoms with van der Waals surface area (Å²) in [5.74, 6) is -0.106. The molecule has 116 valence electrons. The fourth-order valence-corrected chi connectivity index (χ4v) is 2.24. The first kappa shape index (κ1) is 16.8. The molecule has 1 aliphatic rings. The quantitative estimate of drug-likeness (QED) is 0.867. The Bertz CT molecular complexity index is 344. The van der Waals surface area contributed by atoms with Gasteiger partial charge >= 0.3 is 6.09 Å². The summed E-state index contributed by atoms with van der Waals surface area (Å²) in [6.07, 6.45) is 5.19. The SMILES string of the molecule is C[C@@H](C(=O)NC1CCCCC1)N(C)C(=O)OC(C)(C)C. The number of likely N-dealkylation sites (N-methyl/N-ethyl adjacent to an activating group) is 1. The third-order valence-electron chi connectivity index (χ3n) is 3.59. The highest BCUT2D eigenvalue weighted by Crippen LogP contribution is 2.18. The number of nitrogens with zero attached hydrogens (tertiary/aromatic N) is 1. The molecule has 0 heterocycles. The molecular formula is C15H28N2O3. The molecule has 1 saturated carbocycles. The molecule has 1 N–H and O–H groups in total. The van der Waals surface area contributed by atoms with Gasteiger partial charge in [-0.25, -0.2) is 4.79 Å². The van der Waals surface area contributed by atoms with Gasteiger partial charge in [0.2, 0.25) is 5.91 Å². The van der Waals surface area contributed by atoms with E-state index in [2.05, 4.69) is 5.32 Å². The van der Waals surface area contributed by atoms with Crippen molar-refractivity contribution in [2.75, 3.05) is 7.05 Å². The van der Waals surface area contributed by atoms with Crippen LogP contribution < -0.4 is 5.32 Å². The van der Waals surface area contributed by atoms with Crippen molar-refractivity contribution in [3.05, 3.63) is 0 Å². The molecule has 0 aromatic heterocycles. The van der Waals surface area contributed by atoms with Gasteiger partial charge in [-0.2, -0.15) is 0 Å². The zero-order chi connectivity index (χ0) is 15.3. The van der Waals surface area contributed by atoms with Crippen LogP contribution in [0.15, 0.2) is 0 Å². The van der Waals surface area contributed by atoms with Crippen LogP contribution in [0.4, 0.5) is 4.79 Å². The Labute approximate surface area is 122 Å². The predicted molar refractivity (Wildman–Crippen MR) is 78.5 cm³/mol. The maximum atomic E-state index is 12.2. The number of carbonyl (C=O) groups is 2. The van der Waals surface area contributed by atoms with Crippen molar-refractivity contribution in [3.63, 3.8) is 0 Å². The monoisotopic (exact) mass is 284 g/mol. The molecular weight excluding hydrogens is 256 g/mol. The van der Waals surface area contributed by atoms with Gasteiger partial charge in [0.05, 0.1) is 0 Å². The highest BCUT2D eigenvalue weighted by molar-refractivity contribution is 5.85. The number of carbonyl (C=O) groups excluding carboxylic acids is 2. The molecule has 0 unspecified atom stereocenters. The maximum absolute atomic E-state index is 12.2. The smallest absolute Gasteiger partial charge is 0.410 e. The van der Waals surface area contributed by atoms with Crippen molar-refractivity contribution in [2.45, 2.75) is 77.5 Å². The minimum absolute atomic E-state index is 0.106. The molecule has 5 heteroatoms. The normalized spacial score (nSPS) is 18.2. The molecule has 1 aliphatic carbocycles. The molecule has 1 fully saturated rings. The lowest BCUT2D eigenvalue weighted by Crippen LogP contribution is -2.50. The summed E-state index contributed by atoms with van der Waals surface area (Å²) in [5, 5.41) is 3.03. The lowest BCUT2D eigenvalue weighted by atomic mass is 9.95. The van der Waals surface area contributed by atoms with Crippen molar-refractivity contribution >= 4 is 12.0 Å². The summed E-state index contributed by atoms with van der Waals surface area (Å²) in [6.45, 7) is 7.16. The van der Waals surface area contributed by atoms with E-state index in [1.165, 1.54) is 24.2 Å². The number of amides is 2. The molecule has 0 spiro atoms. The molecule has 2 amide bonds. The fourth-order valence-electron chi connectivity index (χ4n) is 2.24. The Hall–Kier alpha value is -1.26. The maximum Gasteiger partial charge on any atom is 0.410 e. The molecule has 20 heavy (non-hydrogen) atoms. The van der Waals surface area contributed by atoms with Gasteiger partial charge in [0, 0.05) is 13.1 Å². The number of ether oxygens (including phenoxy) is 1. The first-order valence-corrected chi connectivity index (χ1v) is 7.47. The van der Waals surface area contributed by atoms with Gasteiger partial charge in [0.15, 0.2) is 0 Å². The van der Waals surface area contributed by atoms with Crippen LogP contribution in [-0.2, 0) is 9.53 Å². The summed E-state index contributed by atoms with van der Waals surface area (Å²) in [6, 6.07) is -0.266. The average molecular weight is 284 g/mol. The topological polar surface area (TPSA) is 58.6 Å². The Kier molecular flexibility index (Phi) is 5.84. The van der Waals surface area contributed by atoms with E-state index in [9.17, 15) is 9.59 Å². The van der Waals surface area contributed by atoms with Crippen LogP contribution in [0.3, 0.4) is 0 Å². The number of rotatable bonds is 3. The van der Waals surface area contributed by atoms with E-state index >= 15 is 0 Å². The summed E-state index contributed by atoms with van der Waals surface area (Å²) < 4.78 is 5.27. The van der Waals surface area contributed by atoms with Crippen LogP contribution in [0, 0.1) is 0 Å². The summed E-state index contributed by atoms with van der Waals surface area (Å²) in [4.78, 5) is 25.4. The van der Waals surface area contributed by atoms with Crippen molar-refractivity contribution in [3.8, 4) is 0 Å². The molecule has 0 aliphatic heterocycles. The molecule has 0 radical (unpaired) electrons. The highest BCUT2D eigenvalue weighted by atomic mass is 16.6. The van der Waals surface area contributed by atoms with Crippen molar-refractivity contribution in [1.29, 1.82) is 0 Å². The molecule has 0 bridgehead atoms. The first-order chi connectivity index (χ1) is 9.20. The van der Waals surface area contributed by atoms with E-state index < -0.39 is 17.7 Å². The summed E-state index contributed by atoms with van der Waals surface area (Å²) in [7, 11) is 1.60. The van der Waals surface area contributed by atoms with E-state index in [0.29, 0.717) is 0 Å². The number of nitrogens with one attached hydrogen (secondary N) is 1. The van der Waals surface area contributed by atoms with Gasteiger partial charge in [0.1, 0.15) is 11.6 Å². The van der Waals surface area contributed by atoms with Gasteiger partial charge in [0.25, 0.3) is 0 Å². The lowest BCUT2D eigenvalue weighted by molar-refractivity contribution is -0.126. The number of hydrogen-bond acceptors (Lipinski definition) is 3. The fraction of sp³-hybridized carbons (Fsp3) is 0.867. The molecule has 5 nitrogen and oxygen atoms in total. The van der Waals surface area contributed by atoms with E-state index in [4.69, 9.17) is 4.74 Å². The van der Waals surface area contributed by atoms with Crippen molar-refractivity contribution in [1.82, 2.24) is 10.2 Å². The highest BCUT2D eigenvalue weighted by Gasteiger charge is 2.28. The molecule has 1 rings (SSSR count). The Morgan fingerprint density at radius 2 is 1.75 bits per heavy atom. The Morgan fingerprint density at radius 1 is 1.20 bits per heavy atom. The summed E-state index contributed by atoms with van der Waals surface area (Å²) >= 11 is 0. The number of hydrogen-bond donors (Lipinski definition) is 1. The van der Waals surface area contributed by atoms with Gasteiger partial charge < -0.3 is 10.1 Å². The first-order valence-electron chi connectivity index (χ1n) is 7.47. The largest absolute Gasteiger partial charge is 0.444 e. The van der Waals surface area contributed by atoms with Crippen molar-refractivity contribution < 1.29 is 14.3 Å². The van der Waals surface area contributed by atoms with Crippen LogP contribution in [0.1, 0.15) is 59.8 Å². The average Bonchev–Trinajstić information content (AvgIpc) is 2.36.